The Bertz CT molecular complexity index is 295. The zero-order valence-corrected chi connectivity index (χ0v) is 9.66. The van der Waals surface area contributed by atoms with Crippen LogP contribution >= 0.6 is 0 Å². The quantitative estimate of drug-likeness (QED) is 0.769. The van der Waals surface area contributed by atoms with Crippen LogP contribution in [-0.2, 0) is 0 Å². The van der Waals surface area contributed by atoms with Crippen LogP contribution in [0.1, 0.15) is 44.1 Å². The third-order valence-corrected chi connectivity index (χ3v) is 2.54. The first-order valence-corrected chi connectivity index (χ1v) is 5.59. The van der Waals surface area contributed by atoms with E-state index < -0.39 is 0 Å². The number of nitrogens with one attached hydrogen (secondary N) is 1. The molecule has 1 fully saturated rings. The number of carbonyl (C=O) groups excluding carboxylic acids is 1. The smallest absolute Gasteiger partial charge is 0.272 e. The van der Waals surface area contributed by atoms with Crippen molar-refractivity contribution in [1.29, 1.82) is 0 Å². The number of aromatic nitrogens is 2. The van der Waals surface area contributed by atoms with Gasteiger partial charge in [-0.2, -0.15) is 5.10 Å². The summed E-state index contributed by atoms with van der Waals surface area (Å²) in [5.41, 5.74) is 0.591. The second kappa shape index (κ2) is 5.53. The van der Waals surface area contributed by atoms with Gasteiger partial charge < -0.3 is 4.90 Å². The summed E-state index contributed by atoms with van der Waals surface area (Å²) in [5.74, 6) is 0.0718. The van der Waals surface area contributed by atoms with Gasteiger partial charge in [-0.25, -0.2) is 0 Å². The third-order valence-electron chi connectivity index (χ3n) is 2.54. The molecule has 2 heterocycles. The maximum atomic E-state index is 11.8. The molecule has 0 radical (unpaired) electrons. The first kappa shape index (κ1) is 11.8. The van der Waals surface area contributed by atoms with Crippen LogP contribution in [0.3, 0.4) is 0 Å². The maximum absolute atomic E-state index is 11.8. The molecule has 1 aliphatic rings. The molecule has 4 nitrogen and oxygen atoms in total. The highest BCUT2D eigenvalue weighted by atomic mass is 16.2. The van der Waals surface area contributed by atoms with Crippen LogP contribution in [0.4, 0.5) is 0 Å². The SMILES string of the molecule is CC.C[C@@H]1CCCN1C(=O)c1ccn[nH]1. The first-order valence-electron chi connectivity index (χ1n) is 5.59. The topological polar surface area (TPSA) is 49.0 Å². The van der Waals surface area contributed by atoms with Gasteiger partial charge in [0.15, 0.2) is 0 Å². The molecule has 0 bridgehead atoms. The predicted molar refractivity (Wildman–Crippen MR) is 59.7 cm³/mol. The number of rotatable bonds is 1. The van der Waals surface area contributed by atoms with Crippen LogP contribution in [0.25, 0.3) is 0 Å². The number of hydrogen-bond donors (Lipinski definition) is 1. The Labute approximate surface area is 90.7 Å². The minimum absolute atomic E-state index is 0.0718. The lowest BCUT2D eigenvalue weighted by molar-refractivity contribution is 0.0741. The van der Waals surface area contributed by atoms with Crippen LogP contribution in [0, 0.1) is 0 Å². The summed E-state index contributed by atoms with van der Waals surface area (Å²) in [6.07, 6.45) is 3.83. The number of amides is 1. The first-order chi connectivity index (χ1) is 7.29. The Balaban J connectivity index is 0.000000531. The largest absolute Gasteiger partial charge is 0.335 e. The van der Waals surface area contributed by atoms with E-state index in [9.17, 15) is 4.79 Å². The monoisotopic (exact) mass is 209 g/mol. The van der Waals surface area contributed by atoms with E-state index in [-0.39, 0.29) is 5.91 Å². The number of aromatic amines is 1. The van der Waals surface area contributed by atoms with Crippen molar-refractivity contribution in [2.24, 2.45) is 0 Å². The summed E-state index contributed by atoms with van der Waals surface area (Å²) in [7, 11) is 0. The zero-order chi connectivity index (χ0) is 11.3. The number of H-pyrrole nitrogens is 1. The van der Waals surface area contributed by atoms with E-state index in [4.69, 9.17) is 0 Å². The molecule has 1 N–H and O–H groups in total. The third kappa shape index (κ3) is 2.58. The molecule has 0 unspecified atom stereocenters. The summed E-state index contributed by atoms with van der Waals surface area (Å²) in [4.78, 5) is 13.7. The highest BCUT2D eigenvalue weighted by molar-refractivity contribution is 5.92. The maximum Gasteiger partial charge on any atom is 0.272 e. The molecule has 1 amide bonds. The van der Waals surface area contributed by atoms with Gasteiger partial charge in [-0.05, 0) is 25.8 Å². The van der Waals surface area contributed by atoms with Crippen molar-refractivity contribution in [3.05, 3.63) is 18.0 Å². The van der Waals surface area contributed by atoms with Crippen LogP contribution in [0.2, 0.25) is 0 Å². The molecule has 0 aliphatic carbocycles. The normalized spacial score (nSPS) is 19.7. The van der Waals surface area contributed by atoms with Gasteiger partial charge in [-0.15, -0.1) is 0 Å². The van der Waals surface area contributed by atoms with Crippen molar-refractivity contribution in [3.63, 3.8) is 0 Å². The molecule has 1 aromatic rings. The standard InChI is InChI=1S/C9H13N3O.C2H6/c1-7-3-2-6-12(7)9(13)8-4-5-10-11-8;1-2/h4-5,7H,2-3,6H2,1H3,(H,10,11);1-2H3/t7-;/m1./s1. The average Bonchev–Trinajstić information content (AvgIpc) is 2.90. The second-order valence-electron chi connectivity index (χ2n) is 3.46. The van der Waals surface area contributed by atoms with Crippen molar-refractivity contribution in [3.8, 4) is 0 Å². The lowest BCUT2D eigenvalue weighted by atomic mass is 10.2. The molecule has 0 saturated carbocycles. The molecule has 15 heavy (non-hydrogen) atoms. The van der Waals surface area contributed by atoms with Gasteiger partial charge in [-0.3, -0.25) is 9.89 Å². The van der Waals surface area contributed by atoms with Gasteiger partial charge in [0.05, 0.1) is 0 Å². The van der Waals surface area contributed by atoms with Crippen LogP contribution < -0.4 is 0 Å². The Morgan fingerprint density at radius 2 is 2.33 bits per heavy atom. The van der Waals surface area contributed by atoms with E-state index in [0.29, 0.717) is 11.7 Å². The average molecular weight is 209 g/mol. The van der Waals surface area contributed by atoms with Crippen molar-refractivity contribution in [2.75, 3.05) is 6.54 Å². The molecule has 2 rings (SSSR count). The Kier molecular flexibility index (Phi) is 4.34. The summed E-state index contributed by atoms with van der Waals surface area (Å²) >= 11 is 0. The Morgan fingerprint density at radius 1 is 1.60 bits per heavy atom. The molecular formula is C11H19N3O. The molecule has 1 aliphatic heterocycles. The molecule has 0 aromatic carbocycles. The molecule has 1 saturated heterocycles. The second-order valence-corrected chi connectivity index (χ2v) is 3.46. The predicted octanol–water partition coefficient (Wildman–Crippen LogP) is 2.06. The summed E-state index contributed by atoms with van der Waals surface area (Å²) in [6.45, 7) is 6.96. The lowest BCUT2D eigenvalue weighted by Crippen LogP contribution is -2.33. The van der Waals surface area contributed by atoms with E-state index in [1.54, 1.807) is 12.3 Å². The number of nitrogens with zero attached hydrogens (tertiary/aromatic N) is 2. The highest BCUT2D eigenvalue weighted by Crippen LogP contribution is 2.18. The van der Waals surface area contributed by atoms with Crippen molar-refractivity contribution in [2.45, 2.75) is 39.7 Å². The van der Waals surface area contributed by atoms with E-state index >= 15 is 0 Å². The fraction of sp³-hybridized carbons (Fsp3) is 0.636. The van der Waals surface area contributed by atoms with Crippen molar-refractivity contribution in [1.82, 2.24) is 15.1 Å². The minimum Gasteiger partial charge on any atom is -0.335 e. The van der Waals surface area contributed by atoms with E-state index in [2.05, 4.69) is 17.1 Å². The van der Waals surface area contributed by atoms with Gasteiger partial charge in [0.25, 0.3) is 5.91 Å². The molecule has 0 spiro atoms. The van der Waals surface area contributed by atoms with Gasteiger partial charge >= 0.3 is 0 Å². The highest BCUT2D eigenvalue weighted by Gasteiger charge is 2.26. The molecular weight excluding hydrogens is 190 g/mol. The van der Waals surface area contributed by atoms with Crippen LogP contribution in [0.5, 0.6) is 0 Å². The van der Waals surface area contributed by atoms with Crippen LogP contribution in [-0.4, -0.2) is 33.6 Å². The fourth-order valence-corrected chi connectivity index (χ4v) is 1.76. The van der Waals surface area contributed by atoms with E-state index in [1.165, 1.54) is 0 Å². The summed E-state index contributed by atoms with van der Waals surface area (Å²) in [6, 6.07) is 2.09. The lowest BCUT2D eigenvalue weighted by Gasteiger charge is -2.20. The van der Waals surface area contributed by atoms with E-state index in [0.717, 1.165) is 19.4 Å². The summed E-state index contributed by atoms with van der Waals surface area (Å²) < 4.78 is 0. The van der Waals surface area contributed by atoms with Gasteiger partial charge in [0.2, 0.25) is 0 Å². The molecule has 4 heteroatoms. The number of hydrogen-bond acceptors (Lipinski definition) is 2. The fourth-order valence-electron chi connectivity index (χ4n) is 1.76. The molecule has 1 aromatic heterocycles. The van der Waals surface area contributed by atoms with Gasteiger partial charge in [0.1, 0.15) is 5.69 Å². The number of carbonyl (C=O) groups is 1. The molecule has 84 valence electrons. The number of likely N-dealkylation sites (tertiary alicyclic amines) is 1. The minimum atomic E-state index is 0.0718. The Hall–Kier alpha value is -1.32. The van der Waals surface area contributed by atoms with Gasteiger partial charge in [0, 0.05) is 18.8 Å². The van der Waals surface area contributed by atoms with Crippen LogP contribution in [0.15, 0.2) is 12.3 Å². The summed E-state index contributed by atoms with van der Waals surface area (Å²) in [5, 5.41) is 6.46. The van der Waals surface area contributed by atoms with Gasteiger partial charge in [-0.1, -0.05) is 13.8 Å². The van der Waals surface area contributed by atoms with E-state index in [1.807, 2.05) is 18.7 Å². The van der Waals surface area contributed by atoms with Crippen molar-refractivity contribution < 1.29 is 4.79 Å². The Morgan fingerprint density at radius 3 is 2.80 bits per heavy atom. The molecule has 1 atom stereocenters. The van der Waals surface area contributed by atoms with Crippen molar-refractivity contribution >= 4 is 5.91 Å². The zero-order valence-electron chi connectivity index (χ0n) is 9.66.